The summed E-state index contributed by atoms with van der Waals surface area (Å²) in [5.74, 6) is -0.340. The predicted molar refractivity (Wildman–Crippen MR) is 99.7 cm³/mol. The molecule has 0 saturated heterocycles. The van der Waals surface area contributed by atoms with Gasteiger partial charge in [0.1, 0.15) is 11.6 Å². The Morgan fingerprint density at radius 3 is 2.67 bits per heavy atom. The molecular weight excluding hydrogens is 375 g/mol. The van der Waals surface area contributed by atoms with Gasteiger partial charge >= 0.3 is 6.18 Å². The second-order valence-electron chi connectivity index (χ2n) is 6.39. The first-order valence-corrected chi connectivity index (χ1v) is 9.20. The van der Waals surface area contributed by atoms with Crippen molar-refractivity contribution in [2.75, 3.05) is 12.4 Å². The van der Waals surface area contributed by atoms with Gasteiger partial charge in [0.15, 0.2) is 6.04 Å². The maximum atomic E-state index is 12.8. The van der Waals surface area contributed by atoms with Crippen LogP contribution in [0.5, 0.6) is 0 Å². The Hall–Kier alpha value is -2.45. The lowest BCUT2D eigenvalue weighted by molar-refractivity contribution is -0.907. The molecule has 0 saturated carbocycles. The number of alkyl halides is 3. The largest absolute Gasteiger partial charge is 0.416 e. The molecule has 0 radical (unpaired) electrons. The summed E-state index contributed by atoms with van der Waals surface area (Å²) in [4.78, 5) is 17.9. The number of benzene rings is 2. The molecule has 142 valence electrons. The number of amides is 1. The molecule has 2 N–H and O–H groups in total. The maximum Gasteiger partial charge on any atom is 0.416 e. The average Bonchev–Trinajstić information content (AvgIpc) is 3.02. The standard InChI is InChI=1S/C19H18F3N3OS/c1-12(18(26)23-14-7-5-6-13(10-14)19(20,21)22)25(2)11-17-24-15-8-3-4-9-16(15)27-17/h3-10,12H,11H2,1-2H3,(H,23,26)/p+1/t12-/m0/s1. The number of hydrogen-bond donors (Lipinski definition) is 2. The Labute approximate surface area is 158 Å². The highest BCUT2D eigenvalue weighted by Gasteiger charge is 2.31. The molecule has 0 aliphatic heterocycles. The number of nitrogens with zero attached hydrogens (tertiary/aromatic N) is 1. The minimum absolute atomic E-state index is 0.134. The van der Waals surface area contributed by atoms with Crippen molar-refractivity contribution in [2.45, 2.75) is 25.7 Å². The van der Waals surface area contributed by atoms with E-state index >= 15 is 0 Å². The zero-order valence-electron chi connectivity index (χ0n) is 14.8. The molecule has 3 aromatic rings. The number of thiazole rings is 1. The molecule has 27 heavy (non-hydrogen) atoms. The lowest BCUT2D eigenvalue weighted by Gasteiger charge is -2.20. The van der Waals surface area contributed by atoms with E-state index in [0.717, 1.165) is 32.3 Å². The number of aromatic nitrogens is 1. The highest BCUT2D eigenvalue weighted by Crippen LogP contribution is 2.30. The molecule has 4 nitrogen and oxygen atoms in total. The molecule has 1 aromatic heterocycles. The minimum Gasteiger partial charge on any atom is -0.322 e. The molecule has 1 heterocycles. The monoisotopic (exact) mass is 394 g/mol. The van der Waals surface area contributed by atoms with E-state index < -0.39 is 17.8 Å². The van der Waals surface area contributed by atoms with Crippen molar-refractivity contribution in [1.82, 2.24) is 4.98 Å². The SMILES string of the molecule is C[C@@H](C(=O)Nc1cccc(C(F)(F)F)c1)[NH+](C)Cc1nc2ccccc2s1. The first kappa shape index (κ1) is 19.3. The molecule has 2 atom stereocenters. The van der Waals surface area contributed by atoms with E-state index in [0.29, 0.717) is 6.54 Å². The van der Waals surface area contributed by atoms with Gasteiger partial charge < -0.3 is 10.2 Å². The van der Waals surface area contributed by atoms with Gasteiger partial charge in [0, 0.05) is 5.69 Å². The number of nitrogens with one attached hydrogen (secondary N) is 2. The second kappa shape index (κ2) is 7.66. The zero-order valence-corrected chi connectivity index (χ0v) is 15.6. The van der Waals surface area contributed by atoms with E-state index in [4.69, 9.17) is 0 Å². The van der Waals surface area contributed by atoms with Gasteiger partial charge in [-0.25, -0.2) is 4.98 Å². The third-order valence-corrected chi connectivity index (χ3v) is 5.39. The number of quaternary nitrogens is 1. The summed E-state index contributed by atoms with van der Waals surface area (Å²) in [5, 5.41) is 3.48. The minimum atomic E-state index is -4.44. The summed E-state index contributed by atoms with van der Waals surface area (Å²) in [6.45, 7) is 2.29. The van der Waals surface area contributed by atoms with Crippen LogP contribution in [0.25, 0.3) is 10.2 Å². The van der Waals surface area contributed by atoms with E-state index in [2.05, 4.69) is 10.3 Å². The van der Waals surface area contributed by atoms with E-state index in [1.165, 1.54) is 12.1 Å². The van der Waals surface area contributed by atoms with Gasteiger partial charge in [0.2, 0.25) is 0 Å². The number of carbonyl (C=O) groups is 1. The van der Waals surface area contributed by atoms with E-state index in [9.17, 15) is 18.0 Å². The Balaban J connectivity index is 1.66. The van der Waals surface area contributed by atoms with Crippen LogP contribution in [-0.4, -0.2) is 24.0 Å². The summed E-state index contributed by atoms with van der Waals surface area (Å²) in [7, 11) is 1.86. The number of fused-ring (bicyclic) bond motifs is 1. The number of hydrogen-bond acceptors (Lipinski definition) is 3. The Morgan fingerprint density at radius 2 is 1.96 bits per heavy atom. The van der Waals surface area contributed by atoms with Crippen molar-refractivity contribution in [3.05, 3.63) is 59.1 Å². The number of anilines is 1. The van der Waals surface area contributed by atoms with Crippen molar-refractivity contribution >= 4 is 33.1 Å². The van der Waals surface area contributed by atoms with E-state index in [1.807, 2.05) is 31.3 Å². The van der Waals surface area contributed by atoms with Crippen LogP contribution in [-0.2, 0) is 17.5 Å². The van der Waals surface area contributed by atoms with Crippen LogP contribution in [0, 0.1) is 0 Å². The summed E-state index contributed by atoms with van der Waals surface area (Å²) >= 11 is 1.57. The first-order valence-electron chi connectivity index (χ1n) is 8.39. The molecule has 0 spiro atoms. The zero-order chi connectivity index (χ0) is 19.6. The molecule has 0 fully saturated rings. The Bertz CT molecular complexity index is 922. The Kier molecular flexibility index (Phi) is 5.48. The summed E-state index contributed by atoms with van der Waals surface area (Å²) < 4.78 is 39.5. The maximum absolute atomic E-state index is 12.8. The van der Waals surface area contributed by atoms with Crippen molar-refractivity contribution in [1.29, 1.82) is 0 Å². The van der Waals surface area contributed by atoms with Crippen LogP contribution >= 0.6 is 11.3 Å². The molecule has 3 rings (SSSR count). The first-order chi connectivity index (χ1) is 12.7. The fourth-order valence-corrected chi connectivity index (χ4v) is 3.70. The topological polar surface area (TPSA) is 46.4 Å². The van der Waals surface area contributed by atoms with Gasteiger partial charge in [-0.1, -0.05) is 18.2 Å². The van der Waals surface area contributed by atoms with Gasteiger partial charge in [-0.3, -0.25) is 4.79 Å². The smallest absolute Gasteiger partial charge is 0.322 e. The van der Waals surface area contributed by atoms with E-state index in [1.54, 1.807) is 18.3 Å². The molecule has 1 unspecified atom stereocenters. The lowest BCUT2D eigenvalue weighted by Crippen LogP contribution is -3.12. The lowest BCUT2D eigenvalue weighted by atomic mass is 10.2. The van der Waals surface area contributed by atoms with Crippen molar-refractivity contribution in [3.8, 4) is 0 Å². The van der Waals surface area contributed by atoms with Crippen LogP contribution in [0.15, 0.2) is 48.5 Å². The third-order valence-electron chi connectivity index (χ3n) is 4.36. The fraction of sp³-hybridized carbons (Fsp3) is 0.263. The summed E-state index contributed by atoms with van der Waals surface area (Å²) in [6.07, 6.45) is -4.44. The molecule has 0 aliphatic rings. The molecule has 8 heteroatoms. The fourth-order valence-electron chi connectivity index (χ4n) is 2.63. The molecule has 0 bridgehead atoms. The average molecular weight is 394 g/mol. The van der Waals surface area contributed by atoms with Crippen molar-refractivity contribution < 1.29 is 22.9 Å². The number of rotatable bonds is 5. The normalized spacial score (nSPS) is 14.1. The molecular formula is C19H19F3N3OS+. The van der Waals surface area contributed by atoms with Crippen LogP contribution in [0.1, 0.15) is 17.5 Å². The van der Waals surface area contributed by atoms with Gasteiger partial charge in [0.25, 0.3) is 5.91 Å². The van der Waals surface area contributed by atoms with Crippen LogP contribution in [0.4, 0.5) is 18.9 Å². The number of para-hydroxylation sites is 1. The second-order valence-corrected chi connectivity index (χ2v) is 7.50. The van der Waals surface area contributed by atoms with Gasteiger partial charge in [-0.2, -0.15) is 13.2 Å². The quantitative estimate of drug-likeness (QED) is 0.697. The van der Waals surface area contributed by atoms with Crippen LogP contribution in [0.2, 0.25) is 0 Å². The summed E-state index contributed by atoms with van der Waals surface area (Å²) in [5.41, 5.74) is 0.268. The number of likely N-dealkylation sites (N-methyl/N-ethyl adjacent to an activating group) is 1. The summed E-state index contributed by atoms with van der Waals surface area (Å²) in [6, 6.07) is 12.0. The highest BCUT2D eigenvalue weighted by molar-refractivity contribution is 7.18. The number of carbonyl (C=O) groups excluding carboxylic acids is 1. The van der Waals surface area contributed by atoms with Crippen LogP contribution in [0.3, 0.4) is 0 Å². The van der Waals surface area contributed by atoms with Crippen molar-refractivity contribution in [2.24, 2.45) is 0 Å². The Morgan fingerprint density at radius 1 is 1.22 bits per heavy atom. The van der Waals surface area contributed by atoms with Crippen LogP contribution < -0.4 is 10.2 Å². The highest BCUT2D eigenvalue weighted by atomic mass is 32.1. The van der Waals surface area contributed by atoms with Gasteiger partial charge in [0.05, 0.1) is 22.8 Å². The number of halogens is 3. The van der Waals surface area contributed by atoms with Gasteiger partial charge in [-0.05, 0) is 37.3 Å². The molecule has 0 aliphatic carbocycles. The van der Waals surface area contributed by atoms with Gasteiger partial charge in [-0.15, -0.1) is 11.3 Å². The third kappa shape index (κ3) is 4.64. The molecule has 1 amide bonds. The van der Waals surface area contributed by atoms with E-state index in [-0.39, 0.29) is 11.6 Å². The predicted octanol–water partition coefficient (Wildman–Crippen LogP) is 3.36. The van der Waals surface area contributed by atoms with Crippen molar-refractivity contribution in [3.63, 3.8) is 0 Å². The molecule has 2 aromatic carbocycles.